The predicted molar refractivity (Wildman–Crippen MR) is 130 cm³/mol. The first-order chi connectivity index (χ1) is 18.1. The van der Waals surface area contributed by atoms with Gasteiger partial charge in [-0.15, -0.1) is 0 Å². The van der Waals surface area contributed by atoms with E-state index in [1.54, 1.807) is 28.9 Å². The number of hydrogen-bond acceptors (Lipinski definition) is 5. The van der Waals surface area contributed by atoms with Gasteiger partial charge in [0.2, 0.25) is 0 Å². The number of nitrogens with zero attached hydrogens (tertiary/aromatic N) is 4. The molecule has 4 aromatic rings. The molecule has 15 heteroatoms. The molecule has 0 aliphatic rings. The number of nitrogen functional groups attached to an aromatic ring is 1. The van der Waals surface area contributed by atoms with Gasteiger partial charge in [-0.2, -0.15) is 31.4 Å². The van der Waals surface area contributed by atoms with Gasteiger partial charge in [-0.25, -0.2) is 23.8 Å². The summed E-state index contributed by atoms with van der Waals surface area (Å²) in [5.41, 5.74) is 0.687. The highest BCUT2D eigenvalue weighted by Gasteiger charge is 2.73. The Balaban J connectivity index is 1.49. The van der Waals surface area contributed by atoms with Gasteiger partial charge in [0.25, 0.3) is 0 Å². The third kappa shape index (κ3) is 5.03. The van der Waals surface area contributed by atoms with Crippen LogP contribution in [0.4, 0.5) is 52.7 Å². The van der Waals surface area contributed by atoms with Crippen molar-refractivity contribution in [1.29, 1.82) is 0 Å². The van der Waals surface area contributed by atoms with Crippen molar-refractivity contribution in [2.75, 3.05) is 16.4 Å². The highest BCUT2D eigenvalue weighted by atomic mass is 19.4. The number of urea groups is 1. The summed E-state index contributed by atoms with van der Waals surface area (Å²) in [7, 11) is 0. The molecule has 0 radical (unpaired) electrons. The largest absolute Gasteiger partial charge is 0.435 e. The minimum absolute atomic E-state index is 0.0162. The maximum atomic E-state index is 14.2. The van der Waals surface area contributed by atoms with E-state index in [0.717, 1.165) is 12.1 Å². The van der Waals surface area contributed by atoms with Crippen LogP contribution in [0.2, 0.25) is 0 Å². The summed E-state index contributed by atoms with van der Waals surface area (Å²) in [5.74, 6) is 0.241. The van der Waals surface area contributed by atoms with Gasteiger partial charge >= 0.3 is 24.1 Å². The lowest BCUT2D eigenvalue weighted by Gasteiger charge is -2.30. The second kappa shape index (κ2) is 9.71. The lowest BCUT2D eigenvalue weighted by atomic mass is 9.94. The molecule has 4 rings (SSSR count). The Hall–Kier alpha value is -4.43. The normalized spacial score (nSPS) is 12.7. The van der Waals surface area contributed by atoms with Gasteiger partial charge < -0.3 is 16.4 Å². The molecule has 8 nitrogen and oxygen atoms in total. The number of carbonyl (C=O) groups excluding carboxylic acids is 1. The number of nitrogens with two attached hydrogens (primary N) is 1. The van der Waals surface area contributed by atoms with Gasteiger partial charge in [0, 0.05) is 28.5 Å². The van der Waals surface area contributed by atoms with Crippen LogP contribution in [-0.2, 0) is 5.67 Å². The molecule has 2 aromatic carbocycles. The third-order valence-electron chi connectivity index (χ3n) is 5.75. The summed E-state index contributed by atoms with van der Waals surface area (Å²) in [6.45, 7) is 3.85. The fourth-order valence-corrected chi connectivity index (χ4v) is 3.83. The smallest absolute Gasteiger partial charge is 0.383 e. The monoisotopic (exact) mass is 555 g/mol. The molecule has 0 atom stereocenters. The number of anilines is 3. The zero-order chi connectivity index (χ0) is 28.8. The van der Waals surface area contributed by atoms with Crippen LogP contribution < -0.4 is 16.4 Å². The van der Waals surface area contributed by atoms with Crippen molar-refractivity contribution in [3.8, 4) is 11.3 Å². The van der Waals surface area contributed by atoms with E-state index in [2.05, 4.69) is 25.7 Å². The van der Waals surface area contributed by atoms with Crippen LogP contribution in [0.25, 0.3) is 22.3 Å². The zero-order valence-corrected chi connectivity index (χ0v) is 20.2. The standard InChI is InChI=1S/C24H20F7N7O/c1-12(2)38-20-17(19(32)33-11-34-20)18(37-38)13-3-7-15(8-4-13)35-21(39)36-16-9-5-14(6-10-16)22(25,23(26,27)28)24(29,30)31/h3-12H,1-2H3,(H2,32,33,34)(H2,35,36,39). The molecule has 2 heterocycles. The maximum absolute atomic E-state index is 14.2. The molecule has 0 unspecified atom stereocenters. The first-order valence-corrected chi connectivity index (χ1v) is 11.2. The van der Waals surface area contributed by atoms with E-state index in [1.165, 1.54) is 6.33 Å². The summed E-state index contributed by atoms with van der Waals surface area (Å²) in [6, 6.07) is 7.60. The maximum Gasteiger partial charge on any atom is 0.435 e. The Kier molecular flexibility index (Phi) is 6.87. The van der Waals surface area contributed by atoms with E-state index in [1.807, 2.05) is 13.8 Å². The van der Waals surface area contributed by atoms with Crippen LogP contribution in [0, 0.1) is 0 Å². The van der Waals surface area contributed by atoms with E-state index in [0.29, 0.717) is 40.1 Å². The molecule has 39 heavy (non-hydrogen) atoms. The molecule has 0 spiro atoms. The molecule has 2 amide bonds. The first-order valence-electron chi connectivity index (χ1n) is 11.2. The van der Waals surface area contributed by atoms with Gasteiger partial charge in [-0.1, -0.05) is 24.3 Å². The summed E-state index contributed by atoms with van der Waals surface area (Å²) in [4.78, 5) is 20.6. The predicted octanol–water partition coefficient (Wildman–Crippen LogP) is 6.59. The van der Waals surface area contributed by atoms with Crippen molar-refractivity contribution in [1.82, 2.24) is 19.7 Å². The summed E-state index contributed by atoms with van der Waals surface area (Å²) < 4.78 is 93.4. The number of aromatic nitrogens is 4. The summed E-state index contributed by atoms with van der Waals surface area (Å²) in [5, 5.41) is 9.88. The Labute approximate surface area is 216 Å². The van der Waals surface area contributed by atoms with Crippen molar-refractivity contribution in [2.45, 2.75) is 37.9 Å². The van der Waals surface area contributed by atoms with Crippen molar-refractivity contribution >= 4 is 34.3 Å². The molecule has 0 saturated carbocycles. The van der Waals surface area contributed by atoms with Gasteiger partial charge in [0.1, 0.15) is 17.8 Å². The Morgan fingerprint density at radius 1 is 0.846 bits per heavy atom. The zero-order valence-electron chi connectivity index (χ0n) is 20.2. The number of rotatable bonds is 5. The highest BCUT2D eigenvalue weighted by molar-refractivity contribution is 6.01. The second-order valence-electron chi connectivity index (χ2n) is 8.73. The number of hydrogen-bond donors (Lipinski definition) is 3. The van der Waals surface area contributed by atoms with Gasteiger partial charge in [-0.05, 0) is 38.1 Å². The molecule has 0 aliphatic carbocycles. The minimum atomic E-state index is -6.23. The lowest BCUT2D eigenvalue weighted by Crippen LogP contribution is -2.50. The van der Waals surface area contributed by atoms with Crippen LogP contribution >= 0.6 is 0 Å². The number of halogens is 7. The number of nitrogens with one attached hydrogen (secondary N) is 2. The number of fused-ring (bicyclic) bond motifs is 1. The molecular formula is C24H20F7N7O. The second-order valence-corrected chi connectivity index (χ2v) is 8.73. The Morgan fingerprint density at radius 3 is 1.85 bits per heavy atom. The van der Waals surface area contributed by atoms with Crippen LogP contribution in [-0.4, -0.2) is 38.1 Å². The SMILES string of the molecule is CC(C)n1nc(-c2ccc(NC(=O)Nc3ccc(C(F)(C(F)(F)F)C(F)(F)F)cc3)cc2)c2c(N)ncnc21. The molecule has 0 aliphatic heterocycles. The molecule has 4 N–H and O–H groups in total. The average molecular weight is 555 g/mol. The molecule has 0 bridgehead atoms. The summed E-state index contributed by atoms with van der Waals surface area (Å²) in [6.07, 6.45) is -11.1. The lowest BCUT2D eigenvalue weighted by molar-refractivity contribution is -0.348. The van der Waals surface area contributed by atoms with Crippen LogP contribution in [0.15, 0.2) is 54.9 Å². The van der Waals surface area contributed by atoms with Crippen LogP contribution in [0.3, 0.4) is 0 Å². The molecule has 0 saturated heterocycles. The van der Waals surface area contributed by atoms with Crippen molar-refractivity contribution in [2.24, 2.45) is 0 Å². The van der Waals surface area contributed by atoms with Gasteiger partial charge in [0.15, 0.2) is 5.65 Å². The van der Waals surface area contributed by atoms with Gasteiger partial charge in [-0.3, -0.25) is 0 Å². The fraction of sp³-hybridized carbons (Fsp3) is 0.250. The van der Waals surface area contributed by atoms with Gasteiger partial charge in [0.05, 0.1) is 5.39 Å². The fourth-order valence-electron chi connectivity index (χ4n) is 3.83. The van der Waals surface area contributed by atoms with Crippen molar-refractivity contribution < 1.29 is 35.5 Å². The number of benzene rings is 2. The van der Waals surface area contributed by atoms with Crippen molar-refractivity contribution in [3.05, 3.63) is 60.4 Å². The number of amides is 2. The quantitative estimate of drug-likeness (QED) is 0.241. The molecule has 206 valence electrons. The number of carbonyl (C=O) groups is 1. The molecule has 0 fully saturated rings. The van der Waals surface area contributed by atoms with E-state index in [9.17, 15) is 35.5 Å². The van der Waals surface area contributed by atoms with E-state index in [-0.39, 0.29) is 17.5 Å². The molecule has 2 aromatic heterocycles. The van der Waals surface area contributed by atoms with Crippen LogP contribution in [0.5, 0.6) is 0 Å². The topological polar surface area (TPSA) is 111 Å². The minimum Gasteiger partial charge on any atom is -0.383 e. The van der Waals surface area contributed by atoms with Crippen LogP contribution in [0.1, 0.15) is 25.5 Å². The highest BCUT2D eigenvalue weighted by Crippen LogP contribution is 2.53. The van der Waals surface area contributed by atoms with Crippen molar-refractivity contribution in [3.63, 3.8) is 0 Å². The Bertz CT molecular complexity index is 1480. The average Bonchev–Trinajstić information content (AvgIpc) is 3.24. The number of alkyl halides is 7. The summed E-state index contributed by atoms with van der Waals surface area (Å²) >= 11 is 0. The first kappa shape index (κ1) is 27.6. The Morgan fingerprint density at radius 2 is 1.36 bits per heavy atom. The van der Waals surface area contributed by atoms with E-state index < -0.39 is 29.6 Å². The third-order valence-corrected chi connectivity index (χ3v) is 5.75. The van der Waals surface area contributed by atoms with E-state index >= 15 is 0 Å². The van der Waals surface area contributed by atoms with E-state index in [4.69, 9.17) is 5.73 Å². The molecular weight excluding hydrogens is 535 g/mol.